The number of rotatable bonds is 3. The molecule has 0 aliphatic carbocycles. The predicted octanol–water partition coefficient (Wildman–Crippen LogP) is 2.62. The van der Waals surface area contributed by atoms with Crippen molar-refractivity contribution < 1.29 is 4.79 Å². The number of aromatic nitrogens is 1. The third-order valence-corrected chi connectivity index (χ3v) is 7.84. The maximum atomic E-state index is 13.6. The van der Waals surface area contributed by atoms with E-state index in [0.717, 1.165) is 16.7 Å². The molecule has 174 valence electrons. The molecule has 4 aromatic rings. The van der Waals surface area contributed by atoms with E-state index in [0.29, 0.717) is 9.33 Å². The Labute approximate surface area is 205 Å². The van der Waals surface area contributed by atoms with Gasteiger partial charge in [-0.05, 0) is 11.6 Å². The highest BCUT2D eigenvalue weighted by Crippen LogP contribution is 2.53. The van der Waals surface area contributed by atoms with E-state index in [1.54, 1.807) is 23.9 Å². The van der Waals surface area contributed by atoms with Crippen molar-refractivity contribution >= 4 is 23.4 Å². The van der Waals surface area contributed by atoms with Crippen LogP contribution in [0.1, 0.15) is 16.7 Å². The van der Waals surface area contributed by atoms with Gasteiger partial charge in [0, 0.05) is 25.2 Å². The summed E-state index contributed by atoms with van der Waals surface area (Å²) in [4.78, 5) is 36.2. The molecule has 0 radical (unpaired) electrons. The molecule has 2 aliphatic heterocycles. The van der Waals surface area contributed by atoms with Crippen LogP contribution in [0.3, 0.4) is 0 Å². The lowest BCUT2D eigenvalue weighted by molar-refractivity contribution is 0.0648. The molecule has 2 atom stereocenters. The first-order chi connectivity index (χ1) is 17.0. The molecule has 1 N–H and O–H groups in total. The van der Waals surface area contributed by atoms with Crippen molar-refractivity contribution in [3.63, 3.8) is 0 Å². The molecule has 0 saturated carbocycles. The van der Waals surface area contributed by atoms with Gasteiger partial charge in [-0.1, -0.05) is 102 Å². The van der Waals surface area contributed by atoms with Gasteiger partial charge in [0.15, 0.2) is 0 Å². The Bertz CT molecular complexity index is 1600. The second-order valence-corrected chi connectivity index (χ2v) is 9.69. The van der Waals surface area contributed by atoms with Gasteiger partial charge in [0.25, 0.3) is 5.56 Å². The minimum atomic E-state index is -1.16. The van der Waals surface area contributed by atoms with Crippen LogP contribution in [-0.2, 0) is 11.3 Å². The molecule has 3 heterocycles. The molecule has 0 spiro atoms. The molecule has 8 heteroatoms. The number of carbonyl (C=O) groups excluding carboxylic acids is 1. The molecular formula is C27H23N5O2S. The van der Waals surface area contributed by atoms with E-state index in [-0.39, 0.29) is 11.6 Å². The molecule has 7 nitrogen and oxygen atoms in total. The number of hydrogen-bond donors (Lipinski definition) is 1. The summed E-state index contributed by atoms with van der Waals surface area (Å²) in [6, 6.07) is 29.0. The number of likely N-dealkylation sites (N-methyl/N-ethyl adjacent to an activating group) is 2. The zero-order valence-corrected chi connectivity index (χ0v) is 20.1. The lowest BCUT2D eigenvalue weighted by Gasteiger charge is -2.49. The summed E-state index contributed by atoms with van der Waals surface area (Å²) in [7, 11) is 3.51. The van der Waals surface area contributed by atoms with Crippen molar-refractivity contribution in [2.24, 2.45) is 4.99 Å². The van der Waals surface area contributed by atoms with E-state index >= 15 is 0 Å². The molecule has 35 heavy (non-hydrogen) atoms. The lowest BCUT2D eigenvalue weighted by atomic mass is 9.80. The van der Waals surface area contributed by atoms with Crippen LogP contribution in [0.15, 0.2) is 101 Å². The van der Waals surface area contributed by atoms with Crippen LogP contribution in [0, 0.1) is 0 Å². The van der Waals surface area contributed by atoms with E-state index in [1.165, 1.54) is 16.0 Å². The Hall–Kier alpha value is -4.17. The van der Waals surface area contributed by atoms with Gasteiger partial charge >= 0.3 is 6.03 Å². The molecule has 0 unspecified atom stereocenters. The van der Waals surface area contributed by atoms with Crippen molar-refractivity contribution in [2.45, 2.75) is 11.3 Å². The van der Waals surface area contributed by atoms with Crippen LogP contribution >= 0.6 is 11.3 Å². The molecule has 1 aromatic heterocycles. The highest BCUT2D eigenvalue weighted by molar-refractivity contribution is 7.07. The van der Waals surface area contributed by atoms with Gasteiger partial charge in [0.2, 0.25) is 16.1 Å². The maximum Gasteiger partial charge on any atom is 0.324 e. The van der Waals surface area contributed by atoms with Crippen molar-refractivity contribution in [1.82, 2.24) is 14.5 Å². The van der Waals surface area contributed by atoms with Crippen LogP contribution < -0.4 is 20.3 Å². The quantitative estimate of drug-likeness (QED) is 0.489. The van der Waals surface area contributed by atoms with E-state index in [4.69, 9.17) is 4.99 Å². The zero-order valence-electron chi connectivity index (χ0n) is 19.3. The van der Waals surface area contributed by atoms with Crippen LogP contribution in [0.2, 0.25) is 0 Å². The number of fused-ring (bicyclic) bond motifs is 2. The van der Waals surface area contributed by atoms with Crippen molar-refractivity contribution in [3.05, 3.63) is 127 Å². The highest BCUT2D eigenvalue weighted by Gasteiger charge is 2.69. The van der Waals surface area contributed by atoms with Gasteiger partial charge in [-0.3, -0.25) is 20.0 Å². The van der Waals surface area contributed by atoms with Crippen LogP contribution in [0.5, 0.6) is 0 Å². The molecule has 2 aliphatic rings. The van der Waals surface area contributed by atoms with Gasteiger partial charge in [-0.15, -0.1) is 0 Å². The Morgan fingerprint density at radius 2 is 1.37 bits per heavy atom. The number of nitrogens with one attached hydrogen (secondary N) is 1. The number of thiazole rings is 1. The van der Waals surface area contributed by atoms with E-state index in [1.807, 2.05) is 97.1 Å². The predicted molar refractivity (Wildman–Crippen MR) is 136 cm³/mol. The lowest BCUT2D eigenvalue weighted by Crippen LogP contribution is -2.67. The van der Waals surface area contributed by atoms with Gasteiger partial charge in [0.1, 0.15) is 0 Å². The average Bonchev–Trinajstić information content (AvgIpc) is 3.29. The number of carbonyl (C=O) groups is 1. The van der Waals surface area contributed by atoms with Crippen LogP contribution in [0.25, 0.3) is 6.08 Å². The fraction of sp³-hybridized carbons (Fsp3) is 0.148. The summed E-state index contributed by atoms with van der Waals surface area (Å²) >= 11 is 1.31. The Morgan fingerprint density at radius 3 is 2.00 bits per heavy atom. The summed E-state index contributed by atoms with van der Waals surface area (Å²) in [6.07, 6.45) is 1.87. The standard InChI is InChI=1S/C27H23N5O2S/c1-30-25(34)31(2)27(21-16-10-5-11-17-21)26(30,20-14-8-4-9-15-20)28-24-32(29-27)23(33)22(35-24)18-19-12-6-3-7-13-19/h3-18,29H,1-2H3/b22-18-/t26-,27+/m0/s1. The molecular weight excluding hydrogens is 458 g/mol. The zero-order chi connectivity index (χ0) is 24.2. The summed E-state index contributed by atoms with van der Waals surface area (Å²) in [5.74, 6) is 0. The minimum absolute atomic E-state index is 0.201. The fourth-order valence-corrected chi connectivity index (χ4v) is 6.18. The molecule has 1 fully saturated rings. The van der Waals surface area contributed by atoms with Gasteiger partial charge in [-0.25, -0.2) is 9.79 Å². The minimum Gasteiger partial charge on any atom is -0.295 e. The topological polar surface area (TPSA) is 69.9 Å². The highest BCUT2D eigenvalue weighted by atomic mass is 32.1. The van der Waals surface area contributed by atoms with Gasteiger partial charge in [-0.2, -0.15) is 4.68 Å². The molecule has 2 amide bonds. The monoisotopic (exact) mass is 481 g/mol. The number of urea groups is 1. The first-order valence-electron chi connectivity index (χ1n) is 11.3. The van der Waals surface area contributed by atoms with Crippen molar-refractivity contribution in [3.8, 4) is 0 Å². The van der Waals surface area contributed by atoms with Crippen LogP contribution in [-0.4, -0.2) is 34.6 Å². The van der Waals surface area contributed by atoms with Crippen molar-refractivity contribution in [1.29, 1.82) is 0 Å². The largest absolute Gasteiger partial charge is 0.324 e. The first-order valence-corrected chi connectivity index (χ1v) is 12.1. The first kappa shape index (κ1) is 21.4. The number of benzene rings is 3. The number of amides is 2. The fourth-order valence-electron chi connectivity index (χ4n) is 5.22. The van der Waals surface area contributed by atoms with Gasteiger partial charge < -0.3 is 0 Å². The van der Waals surface area contributed by atoms with Crippen molar-refractivity contribution in [2.75, 3.05) is 19.5 Å². The normalized spacial score (nSPS) is 23.5. The third-order valence-electron chi connectivity index (χ3n) is 6.87. The maximum absolute atomic E-state index is 13.6. The molecule has 1 saturated heterocycles. The molecule has 6 rings (SSSR count). The molecule has 0 bridgehead atoms. The van der Waals surface area contributed by atoms with Gasteiger partial charge in [0.05, 0.1) is 4.53 Å². The second kappa shape index (κ2) is 7.68. The Kier molecular flexibility index (Phi) is 4.69. The average molecular weight is 482 g/mol. The summed E-state index contributed by atoms with van der Waals surface area (Å²) in [5, 5.41) is 0. The smallest absolute Gasteiger partial charge is 0.295 e. The summed E-state index contributed by atoms with van der Waals surface area (Å²) < 4.78 is 2.04. The van der Waals surface area contributed by atoms with E-state index in [9.17, 15) is 9.59 Å². The number of hydrogen-bond acceptors (Lipinski definition) is 5. The third kappa shape index (κ3) is 2.80. The Balaban J connectivity index is 1.72. The van der Waals surface area contributed by atoms with E-state index in [2.05, 4.69) is 5.43 Å². The van der Waals surface area contributed by atoms with E-state index < -0.39 is 11.3 Å². The second-order valence-electron chi connectivity index (χ2n) is 8.68. The Morgan fingerprint density at radius 1 is 0.800 bits per heavy atom. The molecule has 3 aromatic carbocycles. The van der Waals surface area contributed by atoms with Crippen LogP contribution in [0.4, 0.5) is 4.79 Å². The number of nitrogens with zero attached hydrogens (tertiary/aromatic N) is 4. The summed E-state index contributed by atoms with van der Waals surface area (Å²) in [6.45, 7) is 0. The SMILES string of the molecule is CN1C(=O)N(C)[C@]2(c3ccccc3)N=c3s/c(=C\c4ccccc4)c(=O)n3N[C@]12c1ccccc1. The summed E-state index contributed by atoms with van der Waals surface area (Å²) in [5.41, 5.74) is 3.56.